The third-order valence-corrected chi connectivity index (χ3v) is 5.67. The first-order valence-electron chi connectivity index (χ1n) is 12.6. The number of carbonyl (C=O) groups is 7. The van der Waals surface area contributed by atoms with Gasteiger partial charge in [-0.1, -0.05) is 6.92 Å². The molecule has 15 nitrogen and oxygen atoms in total. The van der Waals surface area contributed by atoms with Crippen molar-refractivity contribution in [3.63, 3.8) is 0 Å². The molecular weight excluding hydrogens is 502 g/mol. The molecule has 0 heterocycles. The lowest BCUT2D eigenvalue weighted by molar-refractivity contribution is -0.138. The van der Waals surface area contributed by atoms with E-state index in [0.717, 1.165) is 0 Å². The zero-order valence-electron chi connectivity index (χ0n) is 22.4. The first kappa shape index (κ1) is 32.0. The van der Waals surface area contributed by atoms with Crippen LogP contribution in [0.1, 0.15) is 66.1 Å². The van der Waals surface area contributed by atoms with E-state index in [1.807, 2.05) is 0 Å². The predicted molar refractivity (Wildman–Crippen MR) is 136 cm³/mol. The van der Waals surface area contributed by atoms with Crippen molar-refractivity contribution >= 4 is 47.6 Å². The van der Waals surface area contributed by atoms with Crippen LogP contribution in [-0.4, -0.2) is 71.3 Å². The maximum absolute atomic E-state index is 13.0. The third kappa shape index (κ3) is 15.2. The van der Waals surface area contributed by atoms with E-state index < -0.39 is 72.0 Å². The van der Waals surface area contributed by atoms with Gasteiger partial charge in [-0.05, 0) is 32.1 Å². The Morgan fingerprint density at radius 3 is 2.11 bits per heavy atom. The van der Waals surface area contributed by atoms with Gasteiger partial charge in [-0.2, -0.15) is 0 Å². The van der Waals surface area contributed by atoms with Gasteiger partial charge in [-0.3, -0.25) is 33.8 Å². The number of nitrogens with two attached hydrogens (primary N) is 4. The molecule has 4 atom stereocenters. The SMILES string of the molecule is [3H]C(=O)CCC(CC(=O)C(CCC(=O)NC(CCCN=C(N)N)C(N)=O)NC(=O)C(C)CCC(=O)O)C(N)=O. The van der Waals surface area contributed by atoms with E-state index in [0.29, 0.717) is 6.42 Å². The molecule has 15 heteroatoms. The lowest BCUT2D eigenvalue weighted by Gasteiger charge is -2.22. The molecule has 0 aliphatic rings. The van der Waals surface area contributed by atoms with Gasteiger partial charge >= 0.3 is 5.97 Å². The smallest absolute Gasteiger partial charge is 0.303 e. The summed E-state index contributed by atoms with van der Waals surface area (Å²) in [5.74, 6) is -6.67. The molecule has 0 radical (unpaired) electrons. The summed E-state index contributed by atoms with van der Waals surface area (Å²) in [6.07, 6.45) is -2.16. The summed E-state index contributed by atoms with van der Waals surface area (Å²) in [4.78, 5) is 87.2. The summed E-state index contributed by atoms with van der Waals surface area (Å²) in [5, 5.41) is 13.8. The summed E-state index contributed by atoms with van der Waals surface area (Å²) in [5.41, 5.74) is 21.1. The fourth-order valence-corrected chi connectivity index (χ4v) is 3.39. The highest BCUT2D eigenvalue weighted by atomic mass is 16.4. The van der Waals surface area contributed by atoms with Crippen LogP contribution in [0.15, 0.2) is 4.99 Å². The average molecular weight is 544 g/mol. The molecule has 4 unspecified atom stereocenters. The summed E-state index contributed by atoms with van der Waals surface area (Å²) >= 11 is 0. The van der Waals surface area contributed by atoms with Gasteiger partial charge in [-0.15, -0.1) is 0 Å². The number of aldehydes is 1. The molecule has 38 heavy (non-hydrogen) atoms. The Balaban J connectivity index is 5.43. The van der Waals surface area contributed by atoms with Crippen LogP contribution in [0.5, 0.6) is 0 Å². The van der Waals surface area contributed by atoms with Crippen molar-refractivity contribution in [1.29, 1.82) is 0 Å². The standard InChI is InChI=1S/C23H39N7O8/c1-13(6-9-19(34)35)22(38)30-15(17(32)12-14(20(24)36)4-3-11-31)7-8-18(33)29-16(21(25)37)5-2-10-28-23(26)27/h11,13-16H,2-10,12H2,1H3,(H2,24,36)(H2,25,37)(H,29,33)(H,30,38)(H,34,35)(H4,26,27,28)/i11T. The predicted octanol–water partition coefficient (Wildman–Crippen LogP) is -2.18. The number of amides is 4. The summed E-state index contributed by atoms with van der Waals surface area (Å²) < 4.78 is 6.99. The van der Waals surface area contributed by atoms with Gasteiger partial charge in [-0.25, -0.2) is 0 Å². The van der Waals surface area contributed by atoms with Crippen molar-refractivity contribution < 1.29 is 40.0 Å². The van der Waals surface area contributed by atoms with Gasteiger partial charge < -0.3 is 43.5 Å². The number of Topliss-reactive ketones (excluding diaryl/α,β-unsaturated/α-hetero) is 1. The van der Waals surface area contributed by atoms with Crippen LogP contribution in [0.3, 0.4) is 0 Å². The molecule has 0 saturated carbocycles. The molecule has 0 rings (SSSR count). The van der Waals surface area contributed by atoms with Gasteiger partial charge in [0.2, 0.25) is 23.6 Å². The minimum atomic E-state index is -1.25. The highest BCUT2D eigenvalue weighted by Crippen LogP contribution is 2.15. The molecule has 0 aromatic heterocycles. The van der Waals surface area contributed by atoms with Crippen molar-refractivity contribution in [3.8, 4) is 0 Å². The van der Waals surface area contributed by atoms with Gasteiger partial charge in [0.1, 0.15) is 13.7 Å². The van der Waals surface area contributed by atoms with E-state index in [9.17, 15) is 33.6 Å². The van der Waals surface area contributed by atoms with E-state index in [1.54, 1.807) is 0 Å². The molecule has 0 bridgehead atoms. The first-order chi connectivity index (χ1) is 18.1. The summed E-state index contributed by atoms with van der Waals surface area (Å²) in [7, 11) is 0. The van der Waals surface area contributed by atoms with Crippen LogP contribution < -0.4 is 33.6 Å². The Hall–Kier alpha value is -4.04. The van der Waals surface area contributed by atoms with Crippen LogP contribution >= 0.6 is 0 Å². The van der Waals surface area contributed by atoms with Crippen LogP contribution in [0, 0.1) is 11.8 Å². The molecule has 11 N–H and O–H groups in total. The highest BCUT2D eigenvalue weighted by molar-refractivity contribution is 5.93. The molecule has 214 valence electrons. The minimum Gasteiger partial charge on any atom is -0.481 e. The third-order valence-electron chi connectivity index (χ3n) is 5.67. The number of primary amides is 2. The molecule has 0 spiro atoms. The molecule has 4 amide bonds. The van der Waals surface area contributed by atoms with E-state index in [4.69, 9.17) is 29.4 Å². The topological polar surface area (TPSA) is 280 Å². The summed E-state index contributed by atoms with van der Waals surface area (Å²) in [6, 6.07) is -2.29. The quantitative estimate of drug-likeness (QED) is 0.0355. The van der Waals surface area contributed by atoms with Crippen molar-refractivity contribution in [2.45, 2.75) is 76.8 Å². The lowest BCUT2D eigenvalue weighted by atomic mass is 9.91. The number of hydrogen-bond acceptors (Lipinski definition) is 8. The Bertz CT molecular complexity index is 939. The molecule has 0 aromatic carbocycles. The van der Waals surface area contributed by atoms with Gasteiger partial charge in [0.15, 0.2) is 11.7 Å². The van der Waals surface area contributed by atoms with Gasteiger partial charge in [0, 0.05) is 44.1 Å². The van der Waals surface area contributed by atoms with E-state index >= 15 is 0 Å². The maximum Gasteiger partial charge on any atom is 0.303 e. The highest BCUT2D eigenvalue weighted by Gasteiger charge is 2.28. The molecule has 0 aromatic rings. The van der Waals surface area contributed by atoms with Crippen molar-refractivity contribution in [1.82, 2.24) is 10.6 Å². The number of hydrogen-bond donors (Lipinski definition) is 7. The Kier molecular flexibility index (Phi) is 15.4. The minimum absolute atomic E-state index is 0.00176. The second-order valence-electron chi connectivity index (χ2n) is 8.86. The maximum atomic E-state index is 13.0. The summed E-state index contributed by atoms with van der Waals surface area (Å²) in [6.45, 7) is 1.68. The molecule has 0 aliphatic heterocycles. The van der Waals surface area contributed by atoms with Crippen LogP contribution in [0.25, 0.3) is 0 Å². The molecule has 0 aliphatic carbocycles. The number of carboxylic acid groups (broad SMARTS) is 1. The zero-order chi connectivity index (χ0) is 30.1. The number of nitrogens with zero attached hydrogens (tertiary/aromatic N) is 1. The molecule has 0 saturated heterocycles. The Morgan fingerprint density at radius 2 is 1.58 bits per heavy atom. The van der Waals surface area contributed by atoms with Gasteiger partial charge in [0.25, 0.3) is 0 Å². The number of aliphatic imine (C=N–C) groups is 1. The number of nitrogens with one attached hydrogen (secondary N) is 2. The van der Waals surface area contributed by atoms with Gasteiger partial charge in [0.05, 0.1) is 6.04 Å². The second-order valence-corrected chi connectivity index (χ2v) is 8.86. The molecular formula is C23H39N7O8. The second kappa shape index (κ2) is 18.2. The van der Waals surface area contributed by atoms with Crippen molar-refractivity contribution in [2.75, 3.05) is 6.54 Å². The van der Waals surface area contributed by atoms with E-state index in [2.05, 4.69) is 15.6 Å². The van der Waals surface area contributed by atoms with Crippen LogP contribution in [-0.2, 0) is 33.6 Å². The van der Waals surface area contributed by atoms with Crippen LogP contribution in [0.2, 0.25) is 0 Å². The number of aliphatic carboxylic acids is 1. The van der Waals surface area contributed by atoms with E-state index in [-0.39, 0.29) is 57.5 Å². The van der Waals surface area contributed by atoms with Crippen molar-refractivity contribution in [2.24, 2.45) is 39.8 Å². The fourth-order valence-electron chi connectivity index (χ4n) is 3.39. The Morgan fingerprint density at radius 1 is 0.921 bits per heavy atom. The van der Waals surface area contributed by atoms with Crippen molar-refractivity contribution in [3.05, 3.63) is 0 Å². The monoisotopic (exact) mass is 543 g/mol. The Labute approximate surface area is 221 Å². The fraction of sp³-hybridized carbons (Fsp3) is 0.652. The number of rotatable bonds is 21. The molecule has 0 fully saturated rings. The lowest BCUT2D eigenvalue weighted by Crippen LogP contribution is -2.47. The number of carboxylic acids is 1. The zero-order valence-corrected chi connectivity index (χ0v) is 21.4. The first-order valence-corrected chi connectivity index (χ1v) is 12.1. The number of guanidine groups is 1. The normalized spacial score (nSPS) is 14.1. The van der Waals surface area contributed by atoms with Crippen LogP contribution in [0.4, 0.5) is 0 Å². The van der Waals surface area contributed by atoms with E-state index in [1.165, 1.54) is 6.92 Å². The number of carbonyl (C=O) groups excluding carboxylic acids is 6. The largest absolute Gasteiger partial charge is 0.481 e. The number of ketones is 1. The average Bonchev–Trinajstić information content (AvgIpc) is 2.83.